The lowest BCUT2D eigenvalue weighted by Crippen LogP contribution is -2.30. The third kappa shape index (κ3) is 2.06. The molecule has 0 spiro atoms. The van der Waals surface area contributed by atoms with Gasteiger partial charge in [0.25, 0.3) is 0 Å². The van der Waals surface area contributed by atoms with E-state index in [1.165, 1.54) is 16.7 Å². The number of hydrogen-bond donors (Lipinski definition) is 3. The average molecular weight is 247 g/mol. The van der Waals surface area contributed by atoms with Crippen molar-refractivity contribution in [1.29, 1.82) is 0 Å². The van der Waals surface area contributed by atoms with Crippen LogP contribution >= 0.6 is 0 Å². The molecule has 0 aliphatic carbocycles. The third-order valence-corrected chi connectivity index (χ3v) is 3.87. The fourth-order valence-electron chi connectivity index (χ4n) is 2.87. The fraction of sp³-hybridized carbons (Fsp3) is 0.571. The second-order valence-electron chi connectivity index (χ2n) is 5.30. The van der Waals surface area contributed by atoms with Crippen molar-refractivity contribution in [2.24, 2.45) is 5.92 Å². The van der Waals surface area contributed by atoms with Gasteiger partial charge in [-0.1, -0.05) is 13.0 Å². The van der Waals surface area contributed by atoms with Crippen molar-refractivity contribution in [2.75, 3.05) is 32.1 Å². The topological polar surface area (TPSA) is 49.1 Å². The van der Waals surface area contributed by atoms with E-state index in [4.69, 9.17) is 4.74 Å². The number of anilines is 1. The molecular weight excluding hydrogens is 226 g/mol. The largest absolute Gasteiger partial charge is 0.379 e. The Bertz CT molecular complexity index is 464. The number of ether oxygens (including phenoxy) is 1. The van der Waals surface area contributed by atoms with Gasteiger partial charge in [-0.15, -0.1) is 0 Å². The van der Waals surface area contributed by atoms with Crippen LogP contribution in [0.3, 0.4) is 0 Å². The van der Waals surface area contributed by atoms with Crippen LogP contribution in [0.4, 0.5) is 5.82 Å². The van der Waals surface area contributed by atoms with Crippen molar-refractivity contribution < 1.29 is 4.74 Å². The zero-order chi connectivity index (χ0) is 12.5. The van der Waals surface area contributed by atoms with Crippen molar-refractivity contribution in [2.45, 2.75) is 19.4 Å². The summed E-state index contributed by atoms with van der Waals surface area (Å²) in [6, 6.07) is 0. The predicted molar refractivity (Wildman–Crippen MR) is 73.8 cm³/mol. The highest BCUT2D eigenvalue weighted by Crippen LogP contribution is 2.31. The number of aromatic amines is 1. The standard InChI is InChI=1S/C14H21N3O/c1-9-3-10(6-15-5-9)13-8-17-14-12(13)4-11(18-2)7-16-14/h3,8-9,11,15-17H,4-7H2,1-2H3/t9-,11?/m1/s1. The zero-order valence-corrected chi connectivity index (χ0v) is 11.0. The summed E-state index contributed by atoms with van der Waals surface area (Å²) in [5.74, 6) is 1.77. The Morgan fingerprint density at radius 2 is 2.22 bits per heavy atom. The van der Waals surface area contributed by atoms with E-state index in [0.29, 0.717) is 5.92 Å². The van der Waals surface area contributed by atoms with E-state index < -0.39 is 0 Å². The van der Waals surface area contributed by atoms with Gasteiger partial charge in [0, 0.05) is 50.5 Å². The lowest BCUT2D eigenvalue weighted by Gasteiger charge is -2.25. The molecule has 1 aromatic rings. The maximum Gasteiger partial charge on any atom is 0.107 e. The Kier molecular flexibility index (Phi) is 3.14. The number of H-pyrrole nitrogens is 1. The first-order valence-electron chi connectivity index (χ1n) is 6.66. The molecule has 98 valence electrons. The minimum atomic E-state index is 0.279. The Morgan fingerprint density at radius 3 is 3.00 bits per heavy atom. The van der Waals surface area contributed by atoms with Crippen LogP contribution in [0.5, 0.6) is 0 Å². The van der Waals surface area contributed by atoms with Crippen molar-refractivity contribution in [3.8, 4) is 0 Å². The molecule has 2 aliphatic rings. The highest BCUT2D eigenvalue weighted by molar-refractivity contribution is 5.75. The van der Waals surface area contributed by atoms with E-state index >= 15 is 0 Å². The first-order chi connectivity index (χ1) is 8.78. The van der Waals surface area contributed by atoms with Crippen LogP contribution in [0.2, 0.25) is 0 Å². The van der Waals surface area contributed by atoms with Gasteiger partial charge >= 0.3 is 0 Å². The van der Waals surface area contributed by atoms with Crippen molar-refractivity contribution in [3.05, 3.63) is 23.4 Å². The quantitative estimate of drug-likeness (QED) is 0.744. The lowest BCUT2D eigenvalue weighted by molar-refractivity contribution is 0.111. The molecule has 4 nitrogen and oxygen atoms in total. The molecule has 3 heterocycles. The maximum absolute atomic E-state index is 5.47. The van der Waals surface area contributed by atoms with Crippen molar-refractivity contribution in [3.63, 3.8) is 0 Å². The molecule has 1 unspecified atom stereocenters. The lowest BCUT2D eigenvalue weighted by atomic mass is 9.93. The molecule has 4 heteroatoms. The summed E-state index contributed by atoms with van der Waals surface area (Å²) in [5, 5.41) is 6.88. The summed E-state index contributed by atoms with van der Waals surface area (Å²) in [7, 11) is 1.78. The van der Waals surface area contributed by atoms with E-state index in [1.54, 1.807) is 7.11 Å². The second kappa shape index (κ2) is 4.78. The smallest absolute Gasteiger partial charge is 0.107 e. The Hall–Kier alpha value is -1.26. The minimum Gasteiger partial charge on any atom is -0.379 e. The zero-order valence-electron chi connectivity index (χ0n) is 11.0. The highest BCUT2D eigenvalue weighted by Gasteiger charge is 2.24. The number of nitrogens with one attached hydrogen (secondary N) is 3. The summed E-state index contributed by atoms with van der Waals surface area (Å²) in [4.78, 5) is 3.35. The van der Waals surface area contributed by atoms with Crippen LogP contribution in [-0.4, -0.2) is 37.8 Å². The van der Waals surface area contributed by atoms with E-state index in [0.717, 1.165) is 31.9 Å². The average Bonchev–Trinajstić information content (AvgIpc) is 2.81. The van der Waals surface area contributed by atoms with E-state index in [-0.39, 0.29) is 6.10 Å². The van der Waals surface area contributed by atoms with Gasteiger partial charge in [-0.3, -0.25) is 0 Å². The molecule has 0 fully saturated rings. The number of methoxy groups -OCH3 is 1. The minimum absolute atomic E-state index is 0.279. The van der Waals surface area contributed by atoms with Gasteiger partial charge in [-0.2, -0.15) is 0 Å². The van der Waals surface area contributed by atoms with Crippen molar-refractivity contribution in [1.82, 2.24) is 10.3 Å². The van der Waals surface area contributed by atoms with Crippen LogP contribution in [0, 0.1) is 5.92 Å². The van der Waals surface area contributed by atoms with Crippen LogP contribution in [0.15, 0.2) is 12.3 Å². The van der Waals surface area contributed by atoms with E-state index in [9.17, 15) is 0 Å². The van der Waals surface area contributed by atoms with Gasteiger partial charge in [0.05, 0.1) is 6.10 Å². The van der Waals surface area contributed by atoms with Gasteiger partial charge in [-0.05, 0) is 11.5 Å². The molecule has 0 amide bonds. The molecule has 3 N–H and O–H groups in total. The first kappa shape index (κ1) is 11.8. The molecular formula is C14H21N3O. The summed E-state index contributed by atoms with van der Waals surface area (Å²) in [6.45, 7) is 5.18. The Morgan fingerprint density at radius 1 is 1.33 bits per heavy atom. The molecule has 2 atom stereocenters. The molecule has 3 rings (SSSR count). The van der Waals surface area contributed by atoms with Gasteiger partial charge in [-0.25, -0.2) is 0 Å². The number of hydrogen-bond acceptors (Lipinski definition) is 3. The molecule has 2 aliphatic heterocycles. The van der Waals surface area contributed by atoms with Gasteiger partial charge in [0.2, 0.25) is 0 Å². The molecule has 0 bridgehead atoms. The second-order valence-corrected chi connectivity index (χ2v) is 5.30. The van der Waals surface area contributed by atoms with Crippen LogP contribution in [0.25, 0.3) is 5.57 Å². The maximum atomic E-state index is 5.47. The molecule has 0 aromatic carbocycles. The number of aromatic nitrogens is 1. The first-order valence-corrected chi connectivity index (χ1v) is 6.66. The molecule has 18 heavy (non-hydrogen) atoms. The monoisotopic (exact) mass is 247 g/mol. The van der Waals surface area contributed by atoms with Crippen LogP contribution in [0.1, 0.15) is 18.1 Å². The van der Waals surface area contributed by atoms with E-state index in [2.05, 4.69) is 34.8 Å². The number of fused-ring (bicyclic) bond motifs is 1. The highest BCUT2D eigenvalue weighted by atomic mass is 16.5. The Labute approximate surface area is 108 Å². The normalized spacial score (nSPS) is 27.3. The molecule has 0 saturated heterocycles. The van der Waals surface area contributed by atoms with Crippen LogP contribution < -0.4 is 10.6 Å². The summed E-state index contributed by atoms with van der Waals surface area (Å²) < 4.78 is 5.47. The summed E-state index contributed by atoms with van der Waals surface area (Å²) in [6.07, 6.45) is 5.78. The van der Waals surface area contributed by atoms with Gasteiger partial charge < -0.3 is 20.4 Å². The number of rotatable bonds is 2. The summed E-state index contributed by atoms with van der Waals surface area (Å²) in [5.41, 5.74) is 4.12. The van der Waals surface area contributed by atoms with Gasteiger partial charge in [0.1, 0.15) is 5.82 Å². The van der Waals surface area contributed by atoms with Gasteiger partial charge in [0.15, 0.2) is 0 Å². The van der Waals surface area contributed by atoms with E-state index in [1.807, 2.05) is 0 Å². The molecule has 0 saturated carbocycles. The summed E-state index contributed by atoms with van der Waals surface area (Å²) >= 11 is 0. The predicted octanol–water partition coefficient (Wildman–Crippen LogP) is 1.62. The third-order valence-electron chi connectivity index (χ3n) is 3.87. The van der Waals surface area contributed by atoms with Crippen molar-refractivity contribution >= 4 is 11.4 Å². The SMILES string of the molecule is COC1CNc2[nH]cc(C3=C[C@@H](C)CNC3)c2C1. The molecule has 1 aromatic heterocycles. The Balaban J connectivity index is 1.92. The molecule has 0 radical (unpaired) electrons. The fourth-order valence-corrected chi connectivity index (χ4v) is 2.87. The van der Waals surface area contributed by atoms with Crippen LogP contribution in [-0.2, 0) is 11.2 Å².